The van der Waals surface area contributed by atoms with Crippen LogP contribution in [0.4, 0.5) is 0 Å². The fourth-order valence-electron chi connectivity index (χ4n) is 10.4. The van der Waals surface area contributed by atoms with Crippen molar-refractivity contribution >= 4 is 19.8 Å². The second-order valence-electron chi connectivity index (χ2n) is 26.3. The SMILES string of the molecule is CC/C=C\C/C=C\C/C=C\C/C=C\C/C=C\C/C=C\C/C=C\C/C=C\C/C=C\CCCCCCCCCCCCCC(=O)OC(COC(=O)CCCCCCCCCCCCCCCCCCC/C=C\C/C=C\CCCCCCC)COP(=O)([O-])OCC[N+](C)(C)C. The van der Waals surface area contributed by atoms with Crippen molar-refractivity contribution in [1.29, 1.82) is 0 Å². The first-order valence-corrected chi connectivity index (χ1v) is 39.4. The molecule has 2 atom stereocenters. The summed E-state index contributed by atoms with van der Waals surface area (Å²) in [5.74, 6) is -0.832. The van der Waals surface area contributed by atoms with Gasteiger partial charge in [-0.25, -0.2) is 0 Å². The molecule has 0 fully saturated rings. The van der Waals surface area contributed by atoms with Crippen molar-refractivity contribution in [2.75, 3.05) is 47.5 Å². The molecule has 0 aliphatic rings. The lowest BCUT2D eigenvalue weighted by Gasteiger charge is -2.28. The van der Waals surface area contributed by atoms with Gasteiger partial charge in [0, 0.05) is 12.8 Å². The molecule has 0 aliphatic carbocycles. The molecule has 0 aromatic rings. The van der Waals surface area contributed by atoms with Crippen LogP contribution in [0.5, 0.6) is 0 Å². The molecule has 0 N–H and O–H groups in total. The van der Waals surface area contributed by atoms with Gasteiger partial charge in [-0.3, -0.25) is 14.2 Å². The second-order valence-corrected chi connectivity index (χ2v) is 27.7. The molecule has 0 aromatic carbocycles. The number of quaternary nitrogens is 1. The van der Waals surface area contributed by atoms with E-state index in [1.807, 2.05) is 21.1 Å². The summed E-state index contributed by atoms with van der Waals surface area (Å²) in [6, 6.07) is 0. The van der Waals surface area contributed by atoms with E-state index in [-0.39, 0.29) is 32.0 Å². The number of ether oxygens (including phenoxy) is 2. The van der Waals surface area contributed by atoms with Crippen LogP contribution in [0.25, 0.3) is 0 Å². The molecule has 0 amide bonds. The Kier molecular flexibility index (Phi) is 68.5. The number of nitrogens with zero attached hydrogens (tertiary/aromatic N) is 1. The van der Waals surface area contributed by atoms with Gasteiger partial charge in [0.1, 0.15) is 19.8 Å². The van der Waals surface area contributed by atoms with Crippen LogP contribution in [-0.4, -0.2) is 70.0 Å². The number of carbonyl (C=O) groups is 2. The van der Waals surface area contributed by atoms with Crippen LogP contribution in [-0.2, 0) is 32.7 Å². The fraction of sp³-hybridized carbons (Fsp3) is 0.707. The summed E-state index contributed by atoms with van der Waals surface area (Å²) in [6.07, 6.45) is 104. The van der Waals surface area contributed by atoms with E-state index < -0.39 is 26.5 Å². The predicted octanol–water partition coefficient (Wildman–Crippen LogP) is 24.5. The summed E-state index contributed by atoms with van der Waals surface area (Å²) < 4.78 is 34.4. The first kappa shape index (κ1) is 88.2. The molecule has 0 aliphatic heterocycles. The molecule has 9 nitrogen and oxygen atoms in total. The zero-order chi connectivity index (χ0) is 66.9. The van der Waals surface area contributed by atoms with Gasteiger partial charge in [0.25, 0.3) is 7.82 Å². The van der Waals surface area contributed by atoms with Gasteiger partial charge >= 0.3 is 11.9 Å². The zero-order valence-electron chi connectivity index (χ0n) is 60.2. The lowest BCUT2D eigenvalue weighted by atomic mass is 10.0. The van der Waals surface area contributed by atoms with Gasteiger partial charge in [0.2, 0.25) is 0 Å². The zero-order valence-corrected chi connectivity index (χ0v) is 61.1. The number of allylic oxidation sites excluding steroid dienone is 22. The summed E-state index contributed by atoms with van der Waals surface area (Å²) >= 11 is 0. The average Bonchev–Trinajstić information content (AvgIpc) is 2.14. The van der Waals surface area contributed by atoms with Crippen molar-refractivity contribution in [3.63, 3.8) is 0 Å². The average molecular weight is 1300 g/mol. The molecule has 0 radical (unpaired) electrons. The smallest absolute Gasteiger partial charge is 0.306 e. The van der Waals surface area contributed by atoms with Crippen LogP contribution in [0.15, 0.2) is 134 Å². The monoisotopic (exact) mass is 1300 g/mol. The van der Waals surface area contributed by atoms with Crippen LogP contribution in [0, 0.1) is 0 Å². The third-order valence-corrected chi connectivity index (χ3v) is 17.1. The summed E-state index contributed by atoms with van der Waals surface area (Å²) in [5, 5.41) is 0. The predicted molar refractivity (Wildman–Crippen MR) is 397 cm³/mol. The van der Waals surface area contributed by atoms with Gasteiger partial charge in [0.15, 0.2) is 6.10 Å². The molecule has 0 aromatic heterocycles. The van der Waals surface area contributed by atoms with E-state index >= 15 is 0 Å². The first-order valence-electron chi connectivity index (χ1n) is 37.9. The highest BCUT2D eigenvalue weighted by Gasteiger charge is 2.22. The van der Waals surface area contributed by atoms with Crippen molar-refractivity contribution in [3.05, 3.63) is 134 Å². The summed E-state index contributed by atoms with van der Waals surface area (Å²) in [5.41, 5.74) is 0. The molecule has 0 saturated heterocycles. The molecule has 2 unspecified atom stereocenters. The Hall–Kier alpha value is -3.85. The number of unbranched alkanes of at least 4 members (excludes halogenated alkanes) is 33. The maximum atomic E-state index is 12.9. The van der Waals surface area contributed by atoms with Gasteiger partial charge in [-0.1, -0.05) is 327 Å². The number of carbonyl (C=O) groups excluding carboxylic acids is 2. The fourth-order valence-corrected chi connectivity index (χ4v) is 11.1. The number of likely N-dealkylation sites (N-methyl/N-ethyl adjacent to an activating group) is 1. The van der Waals surface area contributed by atoms with Gasteiger partial charge < -0.3 is 27.9 Å². The van der Waals surface area contributed by atoms with E-state index in [4.69, 9.17) is 18.5 Å². The maximum absolute atomic E-state index is 12.9. The van der Waals surface area contributed by atoms with Crippen molar-refractivity contribution < 1.29 is 42.1 Å². The molecule has 528 valence electrons. The lowest BCUT2D eigenvalue weighted by Crippen LogP contribution is -2.37. The van der Waals surface area contributed by atoms with Crippen LogP contribution in [0.2, 0.25) is 0 Å². The molecule has 10 heteroatoms. The Morgan fingerprint density at radius 2 is 0.620 bits per heavy atom. The largest absolute Gasteiger partial charge is 0.756 e. The lowest BCUT2D eigenvalue weighted by molar-refractivity contribution is -0.870. The third kappa shape index (κ3) is 75.2. The number of hydrogen-bond donors (Lipinski definition) is 0. The van der Waals surface area contributed by atoms with E-state index in [0.717, 1.165) is 109 Å². The Labute approximate surface area is 568 Å². The minimum Gasteiger partial charge on any atom is -0.756 e. The van der Waals surface area contributed by atoms with Crippen molar-refractivity contribution in [1.82, 2.24) is 0 Å². The molecule has 0 spiro atoms. The van der Waals surface area contributed by atoms with Crippen molar-refractivity contribution in [3.8, 4) is 0 Å². The van der Waals surface area contributed by atoms with Gasteiger partial charge in [-0.05, 0) is 116 Å². The third-order valence-electron chi connectivity index (χ3n) is 16.2. The van der Waals surface area contributed by atoms with Crippen molar-refractivity contribution in [2.24, 2.45) is 0 Å². The Morgan fingerprint density at radius 1 is 0.348 bits per heavy atom. The Bertz CT molecular complexity index is 2020. The van der Waals surface area contributed by atoms with Crippen LogP contribution in [0.3, 0.4) is 0 Å². The summed E-state index contributed by atoms with van der Waals surface area (Å²) in [7, 11) is 1.16. The van der Waals surface area contributed by atoms with E-state index in [2.05, 4.69) is 148 Å². The molecule has 0 heterocycles. The standard InChI is InChI=1S/C82H142NO8P/c1-6-8-10-12-14-16-18-20-22-24-26-28-30-32-34-36-37-38-39-40-41-42-43-44-45-47-49-51-53-55-57-59-61-63-65-67-69-71-73-75-82(85)91-80(79-90-92(86,87)89-77-76-83(3,4)5)78-88-81(84)74-72-70-68-66-64-62-60-58-56-54-52-50-48-46-35-33-31-29-27-25-23-21-19-17-15-13-11-9-7-2/h8,10,14,16,19-22,25-28,32,34,37-38,40-41,43-44,47,49,80H,6-7,9,11-13,15,17-18,23-24,29-31,33,35-36,39,42,45-46,48,50-79H2,1-5H3/b10-8-,16-14-,21-19-,22-20-,27-25-,28-26-,34-32-,38-37-,41-40-,44-43-,49-47-. The highest BCUT2D eigenvalue weighted by molar-refractivity contribution is 7.45. The highest BCUT2D eigenvalue weighted by atomic mass is 31.2. The number of phosphoric ester groups is 1. The van der Waals surface area contributed by atoms with E-state index in [1.165, 1.54) is 180 Å². The van der Waals surface area contributed by atoms with Gasteiger partial charge in [-0.15, -0.1) is 0 Å². The Balaban J connectivity index is 4.05. The number of phosphoric acid groups is 1. The quantitative estimate of drug-likeness (QED) is 0.0195. The van der Waals surface area contributed by atoms with Gasteiger partial charge in [-0.2, -0.15) is 0 Å². The van der Waals surface area contributed by atoms with E-state index in [0.29, 0.717) is 17.4 Å². The van der Waals surface area contributed by atoms with Crippen LogP contribution < -0.4 is 4.89 Å². The molecule has 0 bridgehead atoms. The number of hydrogen-bond acceptors (Lipinski definition) is 8. The highest BCUT2D eigenvalue weighted by Crippen LogP contribution is 2.38. The summed E-state index contributed by atoms with van der Waals surface area (Å²) in [4.78, 5) is 38.1. The minimum absolute atomic E-state index is 0.0356. The first-order chi connectivity index (χ1) is 45.0. The molecule has 92 heavy (non-hydrogen) atoms. The minimum atomic E-state index is -4.65. The summed E-state index contributed by atoms with van der Waals surface area (Å²) in [6.45, 7) is 4.14. The molecule has 0 rings (SSSR count). The normalized spacial score (nSPS) is 13.8. The van der Waals surface area contributed by atoms with E-state index in [1.54, 1.807) is 0 Å². The topological polar surface area (TPSA) is 111 Å². The number of esters is 2. The molecular formula is C82H142NO8P. The maximum Gasteiger partial charge on any atom is 0.306 e. The molecular weight excluding hydrogens is 1160 g/mol. The van der Waals surface area contributed by atoms with E-state index in [9.17, 15) is 19.0 Å². The second kappa shape index (κ2) is 71.4. The number of rotatable bonds is 69. The van der Waals surface area contributed by atoms with Gasteiger partial charge in [0.05, 0.1) is 27.7 Å². The Morgan fingerprint density at radius 3 is 0.924 bits per heavy atom. The molecule has 0 saturated carbocycles. The van der Waals surface area contributed by atoms with Crippen LogP contribution >= 0.6 is 7.82 Å². The van der Waals surface area contributed by atoms with Crippen molar-refractivity contribution in [2.45, 2.75) is 328 Å². The van der Waals surface area contributed by atoms with Crippen LogP contribution in [0.1, 0.15) is 322 Å².